The average Bonchev–Trinajstić information content (AvgIpc) is 3.45. The van der Waals surface area contributed by atoms with Crippen LogP contribution < -0.4 is 4.74 Å². The van der Waals surface area contributed by atoms with E-state index in [9.17, 15) is 13.2 Å². The predicted octanol–water partition coefficient (Wildman–Crippen LogP) is 18.9. The Morgan fingerprint density at radius 2 is 1.23 bits per heavy atom. The van der Waals surface area contributed by atoms with Crippen LogP contribution in [0.4, 0.5) is 0 Å². The van der Waals surface area contributed by atoms with Gasteiger partial charge in [0.15, 0.2) is 16.6 Å². The molecule has 0 N–H and O–H groups in total. The zero-order chi connectivity index (χ0) is 60.5. The number of hydrogen-bond acceptors (Lipinski definition) is 10. The summed E-state index contributed by atoms with van der Waals surface area (Å²) >= 11 is -0.515. The van der Waals surface area contributed by atoms with Gasteiger partial charge in [-0.25, -0.2) is 0 Å². The van der Waals surface area contributed by atoms with Gasteiger partial charge in [0.1, 0.15) is 0 Å². The molecule has 0 spiro atoms. The second-order valence-electron chi connectivity index (χ2n) is 24.0. The molecule has 0 fully saturated rings. The number of hydrogen-bond donors (Lipinski definition) is 0. The number of benzene rings is 1. The molecule has 1 aromatic carbocycles. The molecule has 1 unspecified atom stereocenters. The summed E-state index contributed by atoms with van der Waals surface area (Å²) in [6.45, 7) is 43.8. The van der Waals surface area contributed by atoms with Gasteiger partial charge in [-0.05, 0) is 65.0 Å². The van der Waals surface area contributed by atoms with Gasteiger partial charge in [-0.3, -0.25) is 0 Å². The van der Waals surface area contributed by atoms with E-state index in [1.54, 1.807) is 33.3 Å². The molecule has 0 saturated heterocycles. The van der Waals surface area contributed by atoms with Crippen LogP contribution in [0.5, 0.6) is 5.75 Å². The normalized spacial score (nSPS) is 16.8. The fraction of sp³-hybridized carbons (Fsp3) is 0.766. The predicted molar refractivity (Wildman–Crippen MR) is 351 cm³/mol. The summed E-state index contributed by atoms with van der Waals surface area (Å²) in [7, 11) is -3.92. The van der Waals surface area contributed by atoms with Crippen molar-refractivity contribution in [2.75, 3.05) is 27.9 Å². The fourth-order valence-electron chi connectivity index (χ4n) is 12.2. The first-order valence-electron chi connectivity index (χ1n) is 30.7. The van der Waals surface area contributed by atoms with E-state index in [1.165, 1.54) is 45.3 Å². The number of methoxy groups -OCH3 is 3. The summed E-state index contributed by atoms with van der Waals surface area (Å²) in [6.07, 6.45) is 13.3. The number of ether oxygens (including phenoxy) is 4. The Labute approximate surface area is 506 Å². The maximum atomic E-state index is 14.8. The van der Waals surface area contributed by atoms with Crippen LogP contribution in [0, 0.1) is 44.4 Å². The Balaban J connectivity index is 4.19. The number of rotatable bonds is 41. The van der Waals surface area contributed by atoms with Crippen molar-refractivity contribution < 1.29 is 45.2 Å². The van der Waals surface area contributed by atoms with Crippen molar-refractivity contribution in [3.63, 3.8) is 0 Å². The van der Waals surface area contributed by atoms with Crippen molar-refractivity contribution in [1.29, 1.82) is 0 Å². The van der Waals surface area contributed by atoms with Gasteiger partial charge < -0.3 is 13.6 Å². The summed E-state index contributed by atoms with van der Waals surface area (Å²) in [5, 5.41) is 0. The molecule has 0 aromatic heterocycles. The summed E-state index contributed by atoms with van der Waals surface area (Å²) in [6, 6.07) is 5.76. The number of carbonyl (C=O) groups is 1. The number of unbranched alkanes of at least 4 members (excludes halogenated alkanes) is 3. The van der Waals surface area contributed by atoms with E-state index in [1.807, 2.05) is 27.7 Å². The van der Waals surface area contributed by atoms with Crippen LogP contribution in [-0.4, -0.2) is 102 Å². The molecule has 0 aliphatic heterocycles. The molecule has 0 radical (unpaired) electrons. The quantitative estimate of drug-likeness (QED) is 0.0119. The molecule has 0 amide bonds. The van der Waals surface area contributed by atoms with E-state index in [0.717, 1.165) is 67.4 Å². The Hall–Kier alpha value is -0.998. The number of halogens is 1. The van der Waals surface area contributed by atoms with E-state index >= 15 is 0 Å². The van der Waals surface area contributed by atoms with E-state index in [2.05, 4.69) is 147 Å². The van der Waals surface area contributed by atoms with Crippen LogP contribution in [0.25, 0.3) is 0 Å². The molecule has 0 heterocycles. The molecule has 15 heteroatoms. The van der Waals surface area contributed by atoms with E-state index in [0.29, 0.717) is 28.0 Å². The average molecular weight is 1380 g/mol. The second kappa shape index (κ2) is 37.4. The Morgan fingerprint density at radius 3 is 1.65 bits per heavy atom. The van der Waals surface area contributed by atoms with Gasteiger partial charge in [-0.15, -0.1) is 0 Å². The van der Waals surface area contributed by atoms with E-state index in [-0.39, 0.29) is 47.2 Å². The van der Waals surface area contributed by atoms with Gasteiger partial charge in [0, 0.05) is 5.92 Å². The summed E-state index contributed by atoms with van der Waals surface area (Å²) < 4.78 is 82.6. The summed E-state index contributed by atoms with van der Waals surface area (Å²) in [5.41, 5.74) is 5.08. The van der Waals surface area contributed by atoms with Crippen molar-refractivity contribution in [3.05, 3.63) is 66.1 Å². The monoisotopic (exact) mass is 1380 g/mol. The third-order valence-corrected chi connectivity index (χ3v) is 44.9. The van der Waals surface area contributed by atoms with Crippen molar-refractivity contribution in [1.82, 2.24) is 0 Å². The third kappa shape index (κ3) is 22.1. The van der Waals surface area contributed by atoms with Gasteiger partial charge in [-0.2, -0.15) is 0 Å². The van der Waals surface area contributed by atoms with Crippen LogP contribution in [0.2, 0.25) is 48.6 Å². The zero-order valence-electron chi connectivity index (χ0n) is 54.4. The van der Waals surface area contributed by atoms with Gasteiger partial charge >= 0.3 is 298 Å². The number of esters is 1. The first-order valence-corrected chi connectivity index (χ1v) is 45.9. The van der Waals surface area contributed by atoms with Gasteiger partial charge in [-0.1, -0.05) is 97.4 Å². The van der Waals surface area contributed by atoms with Crippen LogP contribution in [0.15, 0.2) is 54.3 Å². The maximum absolute atomic E-state index is 14.8. The minimum absolute atomic E-state index is 0.00712. The van der Waals surface area contributed by atoms with Crippen molar-refractivity contribution in [2.24, 2.45) is 23.7 Å². The molecule has 0 aliphatic carbocycles. The molecule has 458 valence electrons. The summed E-state index contributed by atoms with van der Waals surface area (Å²) in [5.74, 6) is -0.259. The molecular weight excluding hydrogens is 1260 g/mol. The molecule has 1 rings (SSSR count). The van der Waals surface area contributed by atoms with Crippen molar-refractivity contribution in [3.8, 4) is 5.75 Å². The van der Waals surface area contributed by atoms with Gasteiger partial charge in [0.2, 0.25) is 0 Å². The molecule has 10 nitrogen and oxygen atoms in total. The van der Waals surface area contributed by atoms with Crippen LogP contribution in [0.1, 0.15) is 186 Å². The molecule has 0 aliphatic rings. The first-order chi connectivity index (χ1) is 37.2. The van der Waals surface area contributed by atoms with E-state index in [4.69, 9.17) is 32.0 Å². The Kier molecular flexibility index (Phi) is 36.0. The number of aryl methyl sites for hydroxylation is 1. The molecule has 79 heavy (non-hydrogen) atoms. The Bertz CT molecular complexity index is 2160. The van der Waals surface area contributed by atoms with Crippen molar-refractivity contribution >= 4 is 73.7 Å². The Morgan fingerprint density at radius 1 is 0.722 bits per heavy atom. The fourth-order valence-corrected chi connectivity index (χ4v) is 35.6. The van der Waals surface area contributed by atoms with Gasteiger partial charge in [0.25, 0.3) is 0 Å². The molecular formula is C64H117IO10SSi2Sn. The third-order valence-electron chi connectivity index (χ3n) is 17.8. The van der Waals surface area contributed by atoms with Crippen LogP contribution >= 0.6 is 22.6 Å². The molecule has 1 aromatic rings. The molecule has 0 bridgehead atoms. The van der Waals surface area contributed by atoms with Crippen LogP contribution in [-0.2, 0) is 42.2 Å². The molecule has 0 saturated carbocycles. The number of carbonyl (C=O) groups excluding carboxylic acids is 1. The number of allylic oxidation sites excluding steroid dienone is 3. The standard InChI is InChI=1S/C52H90IO10SSi2.3C4H9.Sn/c1-22-44(50(39(14)29-37(12)32-53)63-66(26-5,27-6)35(9)10)49(62-65(24-3,25-4)34(7)8)38(13)28-36(11)30-46(58-20)52(54)61-51(45(23-2)57-19)41(16)33-60-64(55,56)47-31-40(15)48(59-21)43(18)42(47)17;3*1-3-4-2;/h2,23,28,30-32,34-35,38-39,41,44-45,49-51H,22,24-27,29,33H2,1,3-21H3;3*1,3-4H2,2H3;/b23-2?,36-28+,37-32+,46-30-;;;;/t38-,39-,41+,44-,45+,49-,50+,51?;;;;/m1..../s1. The molecule has 8 atom stereocenters. The first kappa shape index (κ1) is 76.0. The topological polar surface area (TPSA) is 116 Å². The van der Waals surface area contributed by atoms with E-state index < -0.39 is 69.2 Å². The second-order valence-corrected chi connectivity index (χ2v) is 49.1. The zero-order valence-corrected chi connectivity index (χ0v) is 62.2. The SMILES string of the molecule is CCC[CH2][Sn](/[CH]=C/[C@H](OC)C(OC(=O)/C(=C/C(C)=C/[C@@H](C)[C@@H](O[Si](CC)(CC)C(C)C)[C@@H](CC)[C@@H](O[Si](CC)(CC)C(C)C)[C@H](C)C/C(C)=C/I)OC)[C@@H](C)COS(=O)(=O)c1cc(C)c(OC)c(C)c1C)([CH2]CCC)[CH2]CCC. The summed E-state index contributed by atoms with van der Waals surface area (Å²) in [4.78, 5) is 14.9. The minimum atomic E-state index is -4.24. The van der Waals surface area contributed by atoms with Gasteiger partial charge in [0.05, 0.1) is 13.2 Å². The van der Waals surface area contributed by atoms with Crippen molar-refractivity contribution in [2.45, 2.75) is 268 Å². The van der Waals surface area contributed by atoms with Crippen LogP contribution in [0.3, 0.4) is 0 Å².